The quantitative estimate of drug-likeness (QED) is 0.757. The highest BCUT2D eigenvalue weighted by molar-refractivity contribution is 5.88. The minimum Gasteiger partial charge on any atom is -0.310 e. The van der Waals surface area contributed by atoms with Gasteiger partial charge in [-0.1, -0.05) is 27.4 Å². The van der Waals surface area contributed by atoms with Crippen LogP contribution < -0.4 is 0 Å². The topological polar surface area (TPSA) is 37.4 Å². The maximum Gasteiger partial charge on any atom is 0.230 e. The molecule has 17 heavy (non-hydrogen) atoms. The van der Waals surface area contributed by atoms with E-state index < -0.39 is 11.0 Å². The van der Waals surface area contributed by atoms with Gasteiger partial charge in [-0.25, -0.2) is 0 Å². The van der Waals surface area contributed by atoms with E-state index in [9.17, 15) is 9.59 Å². The molecule has 0 saturated carbocycles. The first-order chi connectivity index (χ1) is 7.53. The fraction of sp³-hybridized carbons (Fsp3) is 0.714. The molecule has 1 atom stereocenters. The molecule has 1 saturated heterocycles. The second-order valence-corrected chi connectivity index (χ2v) is 6.09. The summed E-state index contributed by atoms with van der Waals surface area (Å²) in [5.41, 5.74) is -0.310. The van der Waals surface area contributed by atoms with Gasteiger partial charge < -0.3 is 4.90 Å². The van der Waals surface area contributed by atoms with Crippen molar-refractivity contribution < 1.29 is 9.59 Å². The van der Waals surface area contributed by atoms with Gasteiger partial charge in [0.1, 0.15) is 5.78 Å². The van der Waals surface area contributed by atoms with E-state index in [1.54, 1.807) is 11.8 Å². The number of hydrogen-bond acceptors (Lipinski definition) is 2. The predicted octanol–water partition coefficient (Wildman–Crippen LogP) is 2.76. The van der Waals surface area contributed by atoms with Crippen molar-refractivity contribution in [2.75, 3.05) is 0 Å². The first-order valence-electron chi connectivity index (χ1n) is 6.06. The molecule has 0 aromatic carbocycles. The van der Waals surface area contributed by atoms with Gasteiger partial charge >= 0.3 is 0 Å². The summed E-state index contributed by atoms with van der Waals surface area (Å²) in [6.07, 6.45) is 0.691. The maximum absolute atomic E-state index is 12.2. The number of amides is 1. The van der Waals surface area contributed by atoms with Crippen molar-refractivity contribution in [3.8, 4) is 0 Å². The first kappa shape index (κ1) is 13.9. The number of Topliss-reactive ketones (excluding diaryl/α,β-unsaturated/α-hetero) is 1. The van der Waals surface area contributed by atoms with Crippen molar-refractivity contribution in [1.29, 1.82) is 0 Å². The highest BCUT2D eigenvalue weighted by Gasteiger charge is 2.50. The van der Waals surface area contributed by atoms with Gasteiger partial charge in [-0.3, -0.25) is 9.59 Å². The van der Waals surface area contributed by atoms with E-state index in [1.807, 2.05) is 34.6 Å². The Balaban J connectivity index is 3.19. The maximum atomic E-state index is 12.2. The monoisotopic (exact) mass is 237 g/mol. The molecule has 3 heteroatoms. The standard InChI is InChI=1S/C14H23NO2/c1-9-8-10(2)15(12(9)17)14(6,7)13(4,5)11(3)16/h9H,2,8H2,1,3-7H3. The SMILES string of the molecule is C=C1CC(C)C(=O)N1C(C)(C)C(C)(C)C(C)=O. The molecule has 1 aliphatic rings. The van der Waals surface area contributed by atoms with E-state index >= 15 is 0 Å². The molecule has 1 heterocycles. The van der Waals surface area contributed by atoms with Crippen molar-refractivity contribution in [3.63, 3.8) is 0 Å². The number of rotatable bonds is 3. The van der Waals surface area contributed by atoms with E-state index in [0.717, 1.165) is 5.70 Å². The fourth-order valence-electron chi connectivity index (χ4n) is 2.29. The van der Waals surface area contributed by atoms with Crippen molar-refractivity contribution >= 4 is 11.7 Å². The molecule has 0 radical (unpaired) electrons. The average Bonchev–Trinajstić information content (AvgIpc) is 2.40. The van der Waals surface area contributed by atoms with Crippen LogP contribution in [0.25, 0.3) is 0 Å². The molecular weight excluding hydrogens is 214 g/mol. The molecule has 0 bridgehead atoms. The van der Waals surface area contributed by atoms with Gasteiger partial charge in [-0.2, -0.15) is 0 Å². The Hall–Kier alpha value is -1.12. The average molecular weight is 237 g/mol. The molecule has 1 unspecified atom stereocenters. The summed E-state index contributed by atoms with van der Waals surface area (Å²) in [5, 5.41) is 0. The number of ketones is 1. The van der Waals surface area contributed by atoms with E-state index in [4.69, 9.17) is 0 Å². The Morgan fingerprint density at radius 2 is 1.82 bits per heavy atom. The van der Waals surface area contributed by atoms with Crippen LogP contribution >= 0.6 is 0 Å². The number of hydrogen-bond donors (Lipinski definition) is 0. The Morgan fingerprint density at radius 1 is 1.35 bits per heavy atom. The zero-order valence-electron chi connectivity index (χ0n) is 11.8. The first-order valence-corrected chi connectivity index (χ1v) is 6.06. The molecule has 96 valence electrons. The van der Waals surface area contributed by atoms with Crippen LogP contribution in [-0.4, -0.2) is 22.1 Å². The summed E-state index contributed by atoms with van der Waals surface area (Å²) in [4.78, 5) is 25.7. The van der Waals surface area contributed by atoms with Crippen LogP contribution in [0.4, 0.5) is 0 Å². The van der Waals surface area contributed by atoms with Crippen LogP contribution in [-0.2, 0) is 9.59 Å². The normalized spacial score (nSPS) is 22.2. The Bertz CT molecular complexity index is 380. The molecular formula is C14H23NO2. The third-order valence-electron chi connectivity index (χ3n) is 4.47. The largest absolute Gasteiger partial charge is 0.310 e. The summed E-state index contributed by atoms with van der Waals surface area (Å²) < 4.78 is 0. The lowest BCUT2D eigenvalue weighted by Crippen LogP contribution is -2.56. The zero-order chi connectivity index (χ0) is 13.6. The van der Waals surface area contributed by atoms with Gasteiger partial charge in [0, 0.05) is 17.0 Å². The van der Waals surface area contributed by atoms with Crippen molar-refractivity contribution in [3.05, 3.63) is 12.3 Å². The molecule has 1 fully saturated rings. The third kappa shape index (κ3) is 1.92. The second-order valence-electron chi connectivity index (χ2n) is 6.09. The molecule has 1 rings (SSSR count). The lowest BCUT2D eigenvalue weighted by molar-refractivity contribution is -0.142. The number of likely N-dealkylation sites (tertiary alicyclic amines) is 1. The molecule has 0 aromatic rings. The van der Waals surface area contributed by atoms with E-state index in [2.05, 4.69) is 6.58 Å². The highest BCUT2D eigenvalue weighted by Crippen LogP contribution is 2.43. The van der Waals surface area contributed by atoms with Crippen LogP contribution in [0.3, 0.4) is 0 Å². The molecule has 0 spiro atoms. The van der Waals surface area contributed by atoms with Gasteiger partial charge in [0.15, 0.2) is 0 Å². The Morgan fingerprint density at radius 3 is 2.12 bits per heavy atom. The third-order valence-corrected chi connectivity index (χ3v) is 4.47. The van der Waals surface area contributed by atoms with Gasteiger partial charge in [0.2, 0.25) is 5.91 Å². The smallest absolute Gasteiger partial charge is 0.230 e. The number of carbonyl (C=O) groups is 2. The van der Waals surface area contributed by atoms with Crippen LogP contribution in [0, 0.1) is 11.3 Å². The van der Waals surface area contributed by atoms with E-state index in [0.29, 0.717) is 6.42 Å². The van der Waals surface area contributed by atoms with Crippen LogP contribution in [0.1, 0.15) is 48.0 Å². The van der Waals surface area contributed by atoms with Crippen molar-refractivity contribution in [2.24, 2.45) is 11.3 Å². The summed E-state index contributed by atoms with van der Waals surface area (Å²) in [6, 6.07) is 0. The summed E-state index contributed by atoms with van der Waals surface area (Å²) in [7, 11) is 0. The molecule has 1 amide bonds. The molecule has 0 N–H and O–H groups in total. The summed E-state index contributed by atoms with van der Waals surface area (Å²) in [6.45, 7) is 15.1. The lowest BCUT2D eigenvalue weighted by atomic mass is 9.70. The molecule has 0 aromatic heterocycles. The van der Waals surface area contributed by atoms with Crippen molar-refractivity contribution in [2.45, 2.75) is 53.5 Å². The molecule has 1 aliphatic heterocycles. The minimum absolute atomic E-state index is 0.0236. The van der Waals surface area contributed by atoms with Gasteiger partial charge in [0.05, 0.1) is 5.54 Å². The van der Waals surface area contributed by atoms with E-state index in [1.165, 1.54) is 0 Å². The number of nitrogens with zero attached hydrogens (tertiary/aromatic N) is 1. The molecule has 3 nitrogen and oxygen atoms in total. The lowest BCUT2D eigenvalue weighted by Gasteiger charge is -2.46. The Kier molecular flexibility index (Phi) is 3.25. The van der Waals surface area contributed by atoms with Crippen molar-refractivity contribution in [1.82, 2.24) is 4.90 Å². The van der Waals surface area contributed by atoms with E-state index in [-0.39, 0.29) is 17.6 Å². The Labute approximate surface area is 104 Å². The van der Waals surface area contributed by atoms with Crippen LogP contribution in [0.15, 0.2) is 12.3 Å². The highest BCUT2D eigenvalue weighted by atomic mass is 16.2. The summed E-state index contributed by atoms with van der Waals surface area (Å²) >= 11 is 0. The predicted molar refractivity (Wildman–Crippen MR) is 68.3 cm³/mol. The van der Waals surface area contributed by atoms with Crippen LogP contribution in [0.2, 0.25) is 0 Å². The molecule has 0 aliphatic carbocycles. The number of carbonyl (C=O) groups excluding carboxylic acids is 2. The van der Waals surface area contributed by atoms with Gasteiger partial charge in [-0.15, -0.1) is 0 Å². The van der Waals surface area contributed by atoms with Crippen LogP contribution in [0.5, 0.6) is 0 Å². The second kappa shape index (κ2) is 3.97. The summed E-state index contributed by atoms with van der Waals surface area (Å²) in [5.74, 6) is 0.140. The fourth-order valence-corrected chi connectivity index (χ4v) is 2.29. The minimum atomic E-state index is -0.588. The zero-order valence-corrected chi connectivity index (χ0v) is 11.8. The number of allylic oxidation sites excluding steroid dienone is 1. The van der Waals surface area contributed by atoms with Gasteiger partial charge in [0.25, 0.3) is 0 Å². The van der Waals surface area contributed by atoms with Gasteiger partial charge in [-0.05, 0) is 27.2 Å².